The zero-order valence-corrected chi connectivity index (χ0v) is 13.6. The van der Waals surface area contributed by atoms with Crippen molar-refractivity contribution in [1.82, 2.24) is 14.8 Å². The largest absolute Gasteiger partial charge is 0.480 e. The van der Waals surface area contributed by atoms with Gasteiger partial charge in [-0.1, -0.05) is 24.3 Å². The lowest BCUT2D eigenvalue weighted by atomic mass is 10.1. The maximum Gasteiger partial charge on any atom is 0.266 e. The van der Waals surface area contributed by atoms with Crippen LogP contribution in [0.4, 0.5) is 5.82 Å². The van der Waals surface area contributed by atoms with Crippen LogP contribution in [-0.2, 0) is 24.2 Å². The van der Waals surface area contributed by atoms with Crippen molar-refractivity contribution in [2.45, 2.75) is 25.5 Å². The van der Waals surface area contributed by atoms with Crippen molar-refractivity contribution in [3.05, 3.63) is 72.2 Å². The van der Waals surface area contributed by atoms with Gasteiger partial charge >= 0.3 is 0 Å². The van der Waals surface area contributed by atoms with Crippen molar-refractivity contribution in [3.8, 4) is 5.75 Å². The molecule has 6 heteroatoms. The van der Waals surface area contributed by atoms with Crippen molar-refractivity contribution in [2.24, 2.45) is 0 Å². The predicted octanol–water partition coefficient (Wildman–Crippen LogP) is 2.46. The van der Waals surface area contributed by atoms with Gasteiger partial charge in [-0.05, 0) is 23.8 Å². The van der Waals surface area contributed by atoms with Crippen LogP contribution in [0.3, 0.4) is 0 Å². The van der Waals surface area contributed by atoms with Crippen LogP contribution >= 0.6 is 0 Å². The van der Waals surface area contributed by atoms with E-state index in [9.17, 15) is 4.79 Å². The summed E-state index contributed by atoms with van der Waals surface area (Å²) in [6.07, 6.45) is 4.50. The van der Waals surface area contributed by atoms with Crippen LogP contribution in [-0.4, -0.2) is 26.8 Å². The lowest BCUT2D eigenvalue weighted by molar-refractivity contribution is -0.122. The van der Waals surface area contributed by atoms with Crippen molar-refractivity contribution < 1.29 is 9.53 Å². The van der Waals surface area contributed by atoms with Gasteiger partial charge in [-0.25, -0.2) is 0 Å². The van der Waals surface area contributed by atoms with E-state index in [4.69, 9.17) is 4.74 Å². The molecule has 0 aliphatic carbocycles. The topological polar surface area (TPSA) is 69.0 Å². The Labute approximate surface area is 145 Å². The number of rotatable bonds is 5. The molecule has 1 aliphatic rings. The molecule has 0 saturated carbocycles. The molecule has 6 nitrogen and oxygen atoms in total. The van der Waals surface area contributed by atoms with Gasteiger partial charge in [-0.2, -0.15) is 5.10 Å². The molecule has 25 heavy (non-hydrogen) atoms. The normalized spacial score (nSPS) is 15.4. The second-order valence-corrected chi connectivity index (χ2v) is 5.94. The van der Waals surface area contributed by atoms with Crippen LogP contribution in [0.1, 0.15) is 11.3 Å². The summed E-state index contributed by atoms with van der Waals surface area (Å²) in [6, 6.07) is 15.4. The van der Waals surface area contributed by atoms with Gasteiger partial charge < -0.3 is 10.1 Å². The number of fused-ring (bicyclic) bond motifs is 1. The number of carbonyl (C=O) groups excluding carboxylic acids is 1. The number of benzene rings is 1. The first-order chi connectivity index (χ1) is 12.3. The van der Waals surface area contributed by atoms with E-state index < -0.39 is 6.10 Å². The summed E-state index contributed by atoms with van der Waals surface area (Å²) in [5, 5.41) is 7.21. The number of para-hydroxylation sites is 1. The molecule has 0 fully saturated rings. The second kappa shape index (κ2) is 6.76. The third kappa shape index (κ3) is 3.52. The number of ether oxygens (including phenoxy) is 1. The predicted molar refractivity (Wildman–Crippen MR) is 93.4 cm³/mol. The molecular weight excluding hydrogens is 316 g/mol. The zero-order valence-electron chi connectivity index (χ0n) is 13.6. The fourth-order valence-electron chi connectivity index (χ4n) is 2.86. The minimum atomic E-state index is -0.504. The van der Waals surface area contributed by atoms with Crippen LogP contribution < -0.4 is 10.1 Å². The van der Waals surface area contributed by atoms with Crippen LogP contribution in [0.25, 0.3) is 0 Å². The molecule has 1 aromatic carbocycles. The average Bonchev–Trinajstić information content (AvgIpc) is 3.27. The van der Waals surface area contributed by atoms with Gasteiger partial charge in [0.2, 0.25) is 0 Å². The smallest absolute Gasteiger partial charge is 0.266 e. The van der Waals surface area contributed by atoms with Crippen molar-refractivity contribution in [2.75, 3.05) is 5.32 Å². The van der Waals surface area contributed by atoms with Crippen LogP contribution in [0.5, 0.6) is 5.75 Å². The number of aromatic nitrogens is 3. The molecule has 1 N–H and O–H groups in total. The number of hydrogen-bond acceptors (Lipinski definition) is 4. The zero-order chi connectivity index (χ0) is 17.1. The monoisotopic (exact) mass is 334 g/mol. The number of aryl methyl sites for hydroxylation is 2. The van der Waals surface area contributed by atoms with E-state index in [2.05, 4.69) is 15.4 Å². The summed E-state index contributed by atoms with van der Waals surface area (Å²) in [5.41, 5.74) is 2.07. The van der Waals surface area contributed by atoms with E-state index in [-0.39, 0.29) is 5.91 Å². The molecule has 0 saturated heterocycles. The Hall–Kier alpha value is -3.15. The van der Waals surface area contributed by atoms with Crippen molar-refractivity contribution in [1.29, 1.82) is 0 Å². The molecule has 1 atom stereocenters. The highest BCUT2D eigenvalue weighted by molar-refractivity contribution is 5.94. The Balaban J connectivity index is 1.33. The molecule has 0 bridgehead atoms. The Morgan fingerprint density at radius 2 is 2.08 bits per heavy atom. The molecule has 3 heterocycles. The summed E-state index contributed by atoms with van der Waals surface area (Å²) in [7, 11) is 0. The van der Waals surface area contributed by atoms with Crippen molar-refractivity contribution in [3.63, 3.8) is 0 Å². The molecule has 0 spiro atoms. The Morgan fingerprint density at radius 3 is 2.92 bits per heavy atom. The number of nitrogens with zero attached hydrogens (tertiary/aromatic N) is 3. The lowest BCUT2D eigenvalue weighted by Crippen LogP contribution is -2.31. The van der Waals surface area contributed by atoms with Gasteiger partial charge in [0, 0.05) is 43.5 Å². The third-order valence-electron chi connectivity index (χ3n) is 4.15. The fourth-order valence-corrected chi connectivity index (χ4v) is 2.86. The molecule has 2 aromatic heterocycles. The first-order valence-electron chi connectivity index (χ1n) is 8.27. The quantitative estimate of drug-likeness (QED) is 0.778. The molecule has 0 radical (unpaired) electrons. The SMILES string of the molecule is O=C(Nc1ccn(CCc2ccccn2)n1)[C@H]1Cc2ccccc2O1. The van der Waals surface area contributed by atoms with E-state index in [1.807, 2.05) is 48.7 Å². The Bertz CT molecular complexity index is 851. The number of hydrogen-bond donors (Lipinski definition) is 1. The number of amides is 1. The first kappa shape index (κ1) is 15.4. The minimum absolute atomic E-state index is 0.175. The van der Waals surface area contributed by atoms with Gasteiger partial charge in [-0.15, -0.1) is 0 Å². The number of pyridine rings is 1. The molecule has 4 rings (SSSR count). The summed E-state index contributed by atoms with van der Waals surface area (Å²) in [5.74, 6) is 1.14. The lowest BCUT2D eigenvalue weighted by Gasteiger charge is -2.09. The van der Waals surface area contributed by atoms with Gasteiger partial charge in [0.15, 0.2) is 11.9 Å². The highest BCUT2D eigenvalue weighted by atomic mass is 16.5. The highest BCUT2D eigenvalue weighted by Crippen LogP contribution is 2.28. The molecular formula is C19H18N4O2. The Kier molecular flexibility index (Phi) is 4.16. The van der Waals surface area contributed by atoms with Gasteiger partial charge in [0.25, 0.3) is 5.91 Å². The van der Waals surface area contributed by atoms with E-state index in [1.54, 1.807) is 16.9 Å². The highest BCUT2D eigenvalue weighted by Gasteiger charge is 2.29. The summed E-state index contributed by atoms with van der Waals surface area (Å²) in [4.78, 5) is 16.7. The fraction of sp³-hybridized carbons (Fsp3) is 0.211. The maximum atomic E-state index is 12.4. The Morgan fingerprint density at radius 1 is 1.20 bits per heavy atom. The summed E-state index contributed by atoms with van der Waals surface area (Å²) < 4.78 is 7.50. The molecule has 1 amide bonds. The summed E-state index contributed by atoms with van der Waals surface area (Å²) >= 11 is 0. The van der Waals surface area contributed by atoms with E-state index in [0.29, 0.717) is 18.8 Å². The third-order valence-corrected chi connectivity index (χ3v) is 4.15. The molecule has 3 aromatic rings. The van der Waals surface area contributed by atoms with E-state index in [0.717, 1.165) is 23.4 Å². The van der Waals surface area contributed by atoms with Crippen molar-refractivity contribution >= 4 is 11.7 Å². The molecule has 1 aliphatic heterocycles. The number of carbonyl (C=O) groups is 1. The van der Waals surface area contributed by atoms with E-state index >= 15 is 0 Å². The maximum absolute atomic E-state index is 12.4. The van der Waals surface area contributed by atoms with Crippen LogP contribution in [0.15, 0.2) is 60.9 Å². The van der Waals surface area contributed by atoms with Crippen LogP contribution in [0, 0.1) is 0 Å². The second-order valence-electron chi connectivity index (χ2n) is 5.94. The summed E-state index contributed by atoms with van der Waals surface area (Å²) in [6.45, 7) is 0.707. The minimum Gasteiger partial charge on any atom is -0.480 e. The first-order valence-corrected chi connectivity index (χ1v) is 8.27. The standard InChI is InChI=1S/C19H18N4O2/c24-19(17-13-14-5-1-2-7-16(14)25-17)21-18-9-12-23(22-18)11-8-15-6-3-4-10-20-15/h1-7,9-10,12,17H,8,11,13H2,(H,21,22,24)/t17-/m1/s1. The molecule has 0 unspecified atom stereocenters. The van der Waals surface area contributed by atoms with Crippen LogP contribution in [0.2, 0.25) is 0 Å². The molecule has 126 valence electrons. The van der Waals surface area contributed by atoms with Gasteiger partial charge in [0.05, 0.1) is 0 Å². The van der Waals surface area contributed by atoms with Gasteiger partial charge in [-0.3, -0.25) is 14.5 Å². The number of anilines is 1. The number of nitrogens with one attached hydrogen (secondary N) is 1. The van der Waals surface area contributed by atoms with E-state index in [1.165, 1.54) is 0 Å². The average molecular weight is 334 g/mol. The van der Waals surface area contributed by atoms with Gasteiger partial charge in [0.1, 0.15) is 5.75 Å².